The van der Waals surface area contributed by atoms with Crippen molar-refractivity contribution < 1.29 is 9.50 Å². The number of hydrogen-bond donors (Lipinski definition) is 2. The topological polar surface area (TPSA) is 82.3 Å². The van der Waals surface area contributed by atoms with E-state index in [0.29, 0.717) is 17.0 Å². The summed E-state index contributed by atoms with van der Waals surface area (Å²) in [5, 5.41) is 14.1. The molecule has 1 aliphatic rings. The summed E-state index contributed by atoms with van der Waals surface area (Å²) in [7, 11) is 0. The van der Waals surface area contributed by atoms with Crippen LogP contribution in [-0.4, -0.2) is 68.0 Å². The number of rotatable bonds is 6. The molecule has 1 aliphatic heterocycles. The number of nitrogens with one attached hydrogen (secondary N) is 1. The minimum Gasteiger partial charge on any atom is -0.390 e. The third-order valence-corrected chi connectivity index (χ3v) is 6.80. The first-order valence-corrected chi connectivity index (χ1v) is 11.9. The van der Waals surface area contributed by atoms with Gasteiger partial charge in [-0.15, -0.1) is 0 Å². The molecule has 0 amide bonds. The van der Waals surface area contributed by atoms with E-state index in [1.807, 2.05) is 0 Å². The van der Waals surface area contributed by atoms with Crippen molar-refractivity contribution in [3.63, 3.8) is 0 Å². The maximum absolute atomic E-state index is 13.4. The van der Waals surface area contributed by atoms with Crippen molar-refractivity contribution >= 4 is 22.7 Å². The van der Waals surface area contributed by atoms with Crippen LogP contribution in [0.1, 0.15) is 18.1 Å². The molecule has 2 atom stereocenters. The van der Waals surface area contributed by atoms with Crippen molar-refractivity contribution in [2.75, 3.05) is 36.4 Å². The maximum Gasteiger partial charge on any atom is 0.170 e. The zero-order valence-electron chi connectivity index (χ0n) is 20.2. The van der Waals surface area contributed by atoms with Crippen molar-refractivity contribution in [1.82, 2.24) is 24.4 Å². The van der Waals surface area contributed by atoms with Gasteiger partial charge in [-0.05, 0) is 62.2 Å². The van der Waals surface area contributed by atoms with Gasteiger partial charge in [0.2, 0.25) is 0 Å². The summed E-state index contributed by atoms with van der Waals surface area (Å²) < 4.78 is 15.2. The Labute approximate surface area is 204 Å². The van der Waals surface area contributed by atoms with Gasteiger partial charge in [-0.1, -0.05) is 12.1 Å². The summed E-state index contributed by atoms with van der Waals surface area (Å²) >= 11 is 0. The van der Waals surface area contributed by atoms with Gasteiger partial charge in [0, 0.05) is 37.6 Å². The molecule has 9 heteroatoms. The average molecular weight is 476 g/mol. The maximum atomic E-state index is 13.4. The van der Waals surface area contributed by atoms with Crippen LogP contribution < -0.4 is 10.2 Å². The van der Waals surface area contributed by atoms with E-state index in [1.54, 1.807) is 30.0 Å². The molecule has 5 rings (SSSR count). The van der Waals surface area contributed by atoms with Crippen LogP contribution >= 0.6 is 0 Å². The van der Waals surface area contributed by atoms with E-state index in [-0.39, 0.29) is 12.0 Å². The Bertz CT molecular complexity index is 1310. The molecular formula is C26H30FN7O. The van der Waals surface area contributed by atoms with Gasteiger partial charge < -0.3 is 15.3 Å². The molecule has 182 valence electrons. The van der Waals surface area contributed by atoms with E-state index in [1.165, 1.54) is 35.3 Å². The SMILES string of the molecule is Cc1cccc(N2CCN(C(Nc3ncnc4c3ncn4-c3ccc(F)cc3)C(C)O)CC2)c1C. The van der Waals surface area contributed by atoms with Crippen molar-refractivity contribution in [3.05, 3.63) is 72.1 Å². The molecule has 0 radical (unpaired) electrons. The summed E-state index contributed by atoms with van der Waals surface area (Å²) in [5.41, 5.74) is 5.84. The Kier molecular flexibility index (Phi) is 6.36. The quantitative estimate of drug-likeness (QED) is 0.442. The van der Waals surface area contributed by atoms with E-state index >= 15 is 0 Å². The van der Waals surface area contributed by atoms with Gasteiger partial charge in [0.05, 0.1) is 6.10 Å². The molecule has 8 nitrogen and oxygen atoms in total. The highest BCUT2D eigenvalue weighted by molar-refractivity contribution is 5.84. The van der Waals surface area contributed by atoms with Gasteiger partial charge in [-0.2, -0.15) is 0 Å². The number of anilines is 2. The van der Waals surface area contributed by atoms with E-state index < -0.39 is 6.10 Å². The third-order valence-electron chi connectivity index (χ3n) is 6.80. The summed E-state index contributed by atoms with van der Waals surface area (Å²) in [4.78, 5) is 18.0. The first-order chi connectivity index (χ1) is 16.9. The molecule has 0 aliphatic carbocycles. The van der Waals surface area contributed by atoms with Gasteiger partial charge in [-0.25, -0.2) is 19.3 Å². The Hall–Kier alpha value is -3.56. The predicted molar refractivity (Wildman–Crippen MR) is 135 cm³/mol. The Morgan fingerprint density at radius 2 is 1.71 bits per heavy atom. The second kappa shape index (κ2) is 9.59. The molecule has 2 unspecified atom stereocenters. The van der Waals surface area contributed by atoms with Gasteiger partial charge in [-0.3, -0.25) is 9.47 Å². The smallest absolute Gasteiger partial charge is 0.170 e. The fourth-order valence-corrected chi connectivity index (χ4v) is 4.71. The number of fused-ring (bicyclic) bond motifs is 1. The standard InChI is InChI=1S/C26H30FN7O/c1-17-5-4-6-22(18(17)2)32-11-13-33(14-12-32)25(19(3)35)31-24-23-26(29-15-28-24)34(16-30-23)21-9-7-20(27)8-10-21/h4-10,15-16,19,25,35H,11-14H2,1-3H3,(H,28,29,31). The summed E-state index contributed by atoms with van der Waals surface area (Å²) in [6, 6.07) is 12.6. The highest BCUT2D eigenvalue weighted by atomic mass is 19.1. The number of aliphatic hydroxyl groups is 1. The number of nitrogens with zero attached hydrogens (tertiary/aromatic N) is 6. The summed E-state index contributed by atoms with van der Waals surface area (Å²) in [6.45, 7) is 9.43. The van der Waals surface area contributed by atoms with Crippen molar-refractivity contribution in [1.29, 1.82) is 0 Å². The van der Waals surface area contributed by atoms with Crippen LogP contribution in [0.25, 0.3) is 16.9 Å². The lowest BCUT2D eigenvalue weighted by atomic mass is 10.1. The Morgan fingerprint density at radius 3 is 2.43 bits per heavy atom. The highest BCUT2D eigenvalue weighted by Crippen LogP contribution is 2.26. The summed E-state index contributed by atoms with van der Waals surface area (Å²) in [5.74, 6) is 0.256. The second-order valence-electron chi connectivity index (χ2n) is 9.06. The number of imidazole rings is 1. The van der Waals surface area contributed by atoms with E-state index in [2.05, 4.69) is 62.1 Å². The van der Waals surface area contributed by atoms with Gasteiger partial charge in [0.1, 0.15) is 24.6 Å². The molecule has 2 N–H and O–H groups in total. The normalized spacial score (nSPS) is 16.4. The molecule has 3 heterocycles. The molecule has 1 fully saturated rings. The molecule has 2 aromatic carbocycles. The van der Waals surface area contributed by atoms with Crippen LogP contribution in [-0.2, 0) is 0 Å². The highest BCUT2D eigenvalue weighted by Gasteiger charge is 2.29. The molecule has 1 saturated heterocycles. The summed E-state index contributed by atoms with van der Waals surface area (Å²) in [6.07, 6.45) is 2.17. The predicted octanol–water partition coefficient (Wildman–Crippen LogP) is 3.51. The van der Waals surface area contributed by atoms with Gasteiger partial charge in [0.15, 0.2) is 17.0 Å². The van der Waals surface area contributed by atoms with Crippen molar-refractivity contribution in [2.45, 2.75) is 33.0 Å². The number of benzene rings is 2. The Balaban J connectivity index is 1.35. The van der Waals surface area contributed by atoms with Crippen LogP contribution in [0.4, 0.5) is 15.9 Å². The van der Waals surface area contributed by atoms with Crippen LogP contribution in [0.15, 0.2) is 55.1 Å². The molecular weight excluding hydrogens is 445 g/mol. The van der Waals surface area contributed by atoms with E-state index in [9.17, 15) is 9.50 Å². The van der Waals surface area contributed by atoms with Crippen LogP contribution in [0.2, 0.25) is 0 Å². The monoisotopic (exact) mass is 475 g/mol. The first kappa shape index (κ1) is 23.2. The van der Waals surface area contributed by atoms with Gasteiger partial charge in [0.25, 0.3) is 0 Å². The van der Waals surface area contributed by atoms with Crippen LogP contribution in [0.3, 0.4) is 0 Å². The first-order valence-electron chi connectivity index (χ1n) is 11.9. The number of aliphatic hydroxyl groups excluding tert-OH is 1. The molecule has 2 aromatic heterocycles. The van der Waals surface area contributed by atoms with E-state index in [0.717, 1.165) is 31.9 Å². The average Bonchev–Trinajstić information content (AvgIpc) is 3.30. The third kappa shape index (κ3) is 4.56. The lowest BCUT2D eigenvalue weighted by Crippen LogP contribution is -2.56. The number of aryl methyl sites for hydroxylation is 1. The fraction of sp³-hybridized carbons (Fsp3) is 0.346. The van der Waals surface area contributed by atoms with Gasteiger partial charge >= 0.3 is 0 Å². The van der Waals surface area contributed by atoms with Crippen molar-refractivity contribution in [2.24, 2.45) is 0 Å². The molecule has 0 spiro atoms. The second-order valence-corrected chi connectivity index (χ2v) is 9.06. The zero-order valence-corrected chi connectivity index (χ0v) is 20.2. The van der Waals surface area contributed by atoms with Crippen LogP contribution in [0, 0.1) is 19.7 Å². The number of aromatic nitrogens is 4. The van der Waals surface area contributed by atoms with Crippen molar-refractivity contribution in [3.8, 4) is 5.69 Å². The van der Waals surface area contributed by atoms with Crippen LogP contribution in [0.5, 0.6) is 0 Å². The minimum absolute atomic E-state index is 0.299. The molecule has 0 saturated carbocycles. The zero-order chi connectivity index (χ0) is 24.5. The molecule has 0 bridgehead atoms. The Morgan fingerprint density at radius 1 is 0.971 bits per heavy atom. The number of hydrogen-bond acceptors (Lipinski definition) is 7. The number of halogens is 1. The lowest BCUT2D eigenvalue weighted by molar-refractivity contribution is 0.0720. The van der Waals surface area contributed by atoms with E-state index in [4.69, 9.17) is 0 Å². The minimum atomic E-state index is -0.633. The lowest BCUT2D eigenvalue weighted by Gasteiger charge is -2.42. The number of piperazine rings is 1. The fourth-order valence-electron chi connectivity index (χ4n) is 4.71. The largest absolute Gasteiger partial charge is 0.390 e. The molecule has 35 heavy (non-hydrogen) atoms. The molecule has 4 aromatic rings.